The van der Waals surface area contributed by atoms with Crippen LogP contribution in [0, 0.1) is 5.92 Å². The van der Waals surface area contributed by atoms with Crippen LogP contribution in [0.5, 0.6) is 0 Å². The molecule has 5 heteroatoms. The number of rotatable bonds is 5. The number of primary amides is 1. The average molecular weight is 186 g/mol. The second kappa shape index (κ2) is 4.23. The lowest BCUT2D eigenvalue weighted by Gasteiger charge is -2.11. The highest BCUT2D eigenvalue weighted by atomic mass is 16.5. The zero-order valence-electron chi connectivity index (χ0n) is 7.58. The van der Waals surface area contributed by atoms with Crippen molar-refractivity contribution >= 4 is 11.9 Å². The van der Waals surface area contributed by atoms with Gasteiger partial charge in [0.2, 0.25) is 5.91 Å². The molecule has 5 nitrogen and oxygen atoms in total. The molecule has 0 aromatic carbocycles. The minimum atomic E-state index is -0.995. The Labute approximate surface area is 76.6 Å². The molecule has 0 spiro atoms. The Morgan fingerprint density at radius 1 is 1.62 bits per heavy atom. The molecule has 1 amide bonds. The number of ether oxygens (including phenoxy) is 1. The Balaban J connectivity index is 2.36. The Morgan fingerprint density at radius 3 is 2.62 bits per heavy atom. The van der Waals surface area contributed by atoms with Crippen molar-refractivity contribution < 1.29 is 14.3 Å². The van der Waals surface area contributed by atoms with E-state index in [-0.39, 0.29) is 0 Å². The van der Waals surface area contributed by atoms with Crippen LogP contribution in [0.4, 0.5) is 0 Å². The van der Waals surface area contributed by atoms with Gasteiger partial charge in [-0.05, 0) is 25.3 Å². The molecule has 0 aromatic heterocycles. The summed E-state index contributed by atoms with van der Waals surface area (Å²) in [5.41, 5.74) is 5.02. The van der Waals surface area contributed by atoms with Gasteiger partial charge in [0.05, 0.1) is 7.11 Å². The van der Waals surface area contributed by atoms with E-state index in [0.29, 0.717) is 12.5 Å². The van der Waals surface area contributed by atoms with Gasteiger partial charge >= 0.3 is 5.97 Å². The molecule has 0 aromatic rings. The fraction of sp³-hybridized carbons (Fsp3) is 0.750. The summed E-state index contributed by atoms with van der Waals surface area (Å²) in [6, 6.07) is -0.995. The van der Waals surface area contributed by atoms with Crippen LogP contribution in [0.3, 0.4) is 0 Å². The maximum Gasteiger partial charge on any atom is 0.332 e. The number of hydrogen-bond donors (Lipinski definition) is 2. The minimum Gasteiger partial charge on any atom is -0.467 e. The van der Waals surface area contributed by atoms with Gasteiger partial charge in [0.25, 0.3) is 0 Å². The summed E-state index contributed by atoms with van der Waals surface area (Å²) >= 11 is 0. The zero-order valence-corrected chi connectivity index (χ0v) is 7.58. The molecule has 1 saturated carbocycles. The number of carbonyl (C=O) groups is 2. The van der Waals surface area contributed by atoms with E-state index >= 15 is 0 Å². The first kappa shape index (κ1) is 9.98. The molecule has 0 bridgehead atoms. The number of amides is 1. The molecular weight excluding hydrogens is 172 g/mol. The topological polar surface area (TPSA) is 81.4 Å². The second-order valence-corrected chi connectivity index (χ2v) is 3.21. The Kier molecular flexibility index (Phi) is 3.25. The highest BCUT2D eigenvalue weighted by molar-refractivity contribution is 6.01. The van der Waals surface area contributed by atoms with Gasteiger partial charge in [-0.15, -0.1) is 0 Å². The van der Waals surface area contributed by atoms with Crippen LogP contribution < -0.4 is 11.1 Å². The van der Waals surface area contributed by atoms with E-state index < -0.39 is 17.9 Å². The van der Waals surface area contributed by atoms with E-state index in [0.717, 1.165) is 12.8 Å². The quantitative estimate of drug-likeness (QED) is 0.427. The summed E-state index contributed by atoms with van der Waals surface area (Å²) in [5, 5.41) is 2.78. The first-order valence-corrected chi connectivity index (χ1v) is 4.25. The molecule has 1 aliphatic rings. The lowest BCUT2D eigenvalue weighted by molar-refractivity contribution is -0.146. The van der Waals surface area contributed by atoms with Crippen LogP contribution in [-0.4, -0.2) is 31.6 Å². The van der Waals surface area contributed by atoms with E-state index in [1.807, 2.05) is 0 Å². The summed E-state index contributed by atoms with van der Waals surface area (Å²) in [7, 11) is 1.23. The summed E-state index contributed by atoms with van der Waals surface area (Å²) in [6.07, 6.45) is 2.30. The molecule has 1 unspecified atom stereocenters. The SMILES string of the molecule is COC(=O)C(NCC1CC1)C(N)=O. The van der Waals surface area contributed by atoms with Gasteiger partial charge < -0.3 is 10.5 Å². The first-order chi connectivity index (χ1) is 6.15. The van der Waals surface area contributed by atoms with Gasteiger partial charge in [-0.3, -0.25) is 10.1 Å². The van der Waals surface area contributed by atoms with Gasteiger partial charge in [0.1, 0.15) is 0 Å². The van der Waals surface area contributed by atoms with Gasteiger partial charge in [-0.25, -0.2) is 4.79 Å². The summed E-state index contributed by atoms with van der Waals surface area (Å²) in [6.45, 7) is 0.655. The fourth-order valence-electron chi connectivity index (χ4n) is 1.02. The van der Waals surface area contributed by atoms with Crippen molar-refractivity contribution in [3.63, 3.8) is 0 Å². The smallest absolute Gasteiger partial charge is 0.332 e. The van der Waals surface area contributed by atoms with E-state index in [1.165, 1.54) is 7.11 Å². The highest BCUT2D eigenvalue weighted by Gasteiger charge is 2.28. The number of carbonyl (C=O) groups excluding carboxylic acids is 2. The number of methoxy groups -OCH3 is 1. The van der Waals surface area contributed by atoms with Crippen LogP contribution in [0.15, 0.2) is 0 Å². The number of nitrogens with two attached hydrogens (primary N) is 1. The molecule has 1 aliphatic carbocycles. The van der Waals surface area contributed by atoms with Gasteiger partial charge in [0, 0.05) is 0 Å². The van der Waals surface area contributed by atoms with Gasteiger partial charge in [-0.2, -0.15) is 0 Å². The molecule has 0 radical (unpaired) electrons. The molecule has 0 aliphatic heterocycles. The Morgan fingerprint density at radius 2 is 2.23 bits per heavy atom. The van der Waals surface area contributed by atoms with Crippen LogP contribution in [0.1, 0.15) is 12.8 Å². The molecule has 1 fully saturated rings. The highest BCUT2D eigenvalue weighted by Crippen LogP contribution is 2.27. The van der Waals surface area contributed by atoms with Crippen LogP contribution in [0.2, 0.25) is 0 Å². The normalized spacial score (nSPS) is 17.9. The molecule has 0 saturated heterocycles. The minimum absolute atomic E-state index is 0.589. The fourth-order valence-corrected chi connectivity index (χ4v) is 1.02. The molecule has 1 atom stereocenters. The third kappa shape index (κ3) is 3.02. The maximum atomic E-state index is 11.0. The largest absolute Gasteiger partial charge is 0.467 e. The molecule has 0 heterocycles. The average Bonchev–Trinajstić information content (AvgIpc) is 2.87. The van der Waals surface area contributed by atoms with Gasteiger partial charge in [0.15, 0.2) is 6.04 Å². The standard InChI is InChI=1S/C8H14N2O3/c1-13-8(12)6(7(9)11)10-4-5-2-3-5/h5-6,10H,2-4H2,1H3,(H2,9,11). The van der Waals surface area contributed by atoms with E-state index in [1.54, 1.807) is 0 Å². The van der Waals surface area contributed by atoms with Crippen molar-refractivity contribution in [1.29, 1.82) is 0 Å². The monoisotopic (exact) mass is 186 g/mol. The van der Waals surface area contributed by atoms with Gasteiger partial charge in [-0.1, -0.05) is 0 Å². The predicted molar refractivity (Wildman–Crippen MR) is 45.7 cm³/mol. The van der Waals surface area contributed by atoms with Crippen molar-refractivity contribution in [1.82, 2.24) is 5.32 Å². The van der Waals surface area contributed by atoms with Crippen molar-refractivity contribution in [2.45, 2.75) is 18.9 Å². The molecule has 74 valence electrons. The molecule has 3 N–H and O–H groups in total. The third-order valence-corrected chi connectivity index (χ3v) is 2.03. The van der Waals surface area contributed by atoms with Crippen LogP contribution in [-0.2, 0) is 14.3 Å². The summed E-state index contributed by atoms with van der Waals surface area (Å²) in [5.74, 6) is -0.716. The predicted octanol–water partition coefficient (Wildman–Crippen LogP) is -0.987. The second-order valence-electron chi connectivity index (χ2n) is 3.21. The number of hydrogen-bond acceptors (Lipinski definition) is 4. The summed E-state index contributed by atoms with van der Waals surface area (Å²) in [4.78, 5) is 21.8. The van der Waals surface area contributed by atoms with Crippen molar-refractivity contribution in [3.05, 3.63) is 0 Å². The Bertz CT molecular complexity index is 213. The molecule has 1 rings (SSSR count). The number of esters is 1. The van der Waals surface area contributed by atoms with E-state index in [4.69, 9.17) is 5.73 Å². The molecule has 13 heavy (non-hydrogen) atoms. The van der Waals surface area contributed by atoms with E-state index in [9.17, 15) is 9.59 Å². The Hall–Kier alpha value is -1.10. The zero-order chi connectivity index (χ0) is 9.84. The lowest BCUT2D eigenvalue weighted by Crippen LogP contribution is -2.48. The lowest BCUT2D eigenvalue weighted by atomic mass is 10.2. The number of nitrogens with one attached hydrogen (secondary N) is 1. The van der Waals surface area contributed by atoms with Crippen LogP contribution in [0.25, 0.3) is 0 Å². The van der Waals surface area contributed by atoms with Crippen LogP contribution >= 0.6 is 0 Å². The summed E-state index contributed by atoms with van der Waals surface area (Å²) < 4.78 is 4.42. The van der Waals surface area contributed by atoms with E-state index in [2.05, 4.69) is 10.1 Å². The first-order valence-electron chi connectivity index (χ1n) is 4.25. The van der Waals surface area contributed by atoms with Crippen molar-refractivity contribution in [3.8, 4) is 0 Å². The van der Waals surface area contributed by atoms with Crippen molar-refractivity contribution in [2.75, 3.05) is 13.7 Å². The van der Waals surface area contributed by atoms with Crippen molar-refractivity contribution in [2.24, 2.45) is 11.7 Å². The third-order valence-electron chi connectivity index (χ3n) is 2.03. The molecular formula is C8H14N2O3. The maximum absolute atomic E-state index is 11.0.